The van der Waals surface area contributed by atoms with Crippen LogP contribution in [0.3, 0.4) is 0 Å². The zero-order valence-electron chi connectivity index (χ0n) is 11.3. The zero-order valence-corrected chi connectivity index (χ0v) is 11.3. The fourth-order valence-electron chi connectivity index (χ4n) is 2.97. The Morgan fingerprint density at radius 1 is 1.21 bits per heavy atom. The van der Waals surface area contributed by atoms with E-state index in [-0.39, 0.29) is 17.9 Å². The number of hydrogen-bond acceptors (Lipinski definition) is 4. The van der Waals surface area contributed by atoms with E-state index in [1.807, 2.05) is 0 Å². The first-order chi connectivity index (χ1) is 9.09. The Labute approximate surface area is 112 Å². The van der Waals surface area contributed by atoms with Crippen LogP contribution in [0.2, 0.25) is 0 Å². The van der Waals surface area contributed by atoms with Gasteiger partial charge in [0.05, 0.1) is 19.1 Å². The minimum Gasteiger partial charge on any atom is -0.480 e. The number of amides is 1. The molecule has 1 aliphatic heterocycles. The topological polar surface area (TPSA) is 87.7 Å². The van der Waals surface area contributed by atoms with Crippen molar-refractivity contribution in [3.05, 3.63) is 0 Å². The van der Waals surface area contributed by atoms with Crippen LogP contribution in [0.4, 0.5) is 0 Å². The predicted molar refractivity (Wildman–Crippen MR) is 68.8 cm³/mol. The molecule has 1 heterocycles. The molecule has 0 aromatic carbocycles. The average Bonchev–Trinajstić information content (AvgIpc) is 2.88. The van der Waals surface area contributed by atoms with Crippen molar-refractivity contribution >= 4 is 11.9 Å². The number of carbonyl (C=O) groups is 2. The van der Waals surface area contributed by atoms with Crippen LogP contribution in [0.25, 0.3) is 0 Å². The van der Waals surface area contributed by atoms with Crippen molar-refractivity contribution in [3.8, 4) is 0 Å². The maximum Gasteiger partial charge on any atom is 0.329 e. The van der Waals surface area contributed by atoms with Crippen molar-refractivity contribution in [2.45, 2.75) is 43.7 Å². The Morgan fingerprint density at radius 2 is 1.89 bits per heavy atom. The van der Waals surface area contributed by atoms with Gasteiger partial charge < -0.3 is 20.5 Å². The third-order valence-corrected chi connectivity index (χ3v) is 4.27. The molecule has 2 aliphatic rings. The van der Waals surface area contributed by atoms with Gasteiger partial charge in [-0.25, -0.2) is 4.79 Å². The van der Waals surface area contributed by atoms with E-state index < -0.39 is 11.5 Å². The summed E-state index contributed by atoms with van der Waals surface area (Å²) in [5.41, 5.74) is -1.07. The molecule has 2 rings (SSSR count). The molecule has 1 aliphatic carbocycles. The van der Waals surface area contributed by atoms with Crippen molar-refractivity contribution in [1.29, 1.82) is 0 Å². The van der Waals surface area contributed by atoms with E-state index in [0.717, 1.165) is 19.3 Å². The summed E-state index contributed by atoms with van der Waals surface area (Å²) in [6, 6.07) is -0.0329. The molecule has 0 spiro atoms. The Morgan fingerprint density at radius 3 is 2.47 bits per heavy atom. The molecule has 6 heteroatoms. The summed E-state index contributed by atoms with van der Waals surface area (Å²) in [4.78, 5) is 23.8. The molecule has 19 heavy (non-hydrogen) atoms. The molecular weight excluding hydrogens is 248 g/mol. The van der Waals surface area contributed by atoms with Crippen LogP contribution in [-0.4, -0.2) is 48.8 Å². The van der Waals surface area contributed by atoms with E-state index in [1.165, 1.54) is 0 Å². The van der Waals surface area contributed by atoms with Gasteiger partial charge in [0.15, 0.2) is 0 Å². The Hall–Kier alpha value is -1.14. The van der Waals surface area contributed by atoms with Crippen LogP contribution in [0, 0.1) is 5.92 Å². The van der Waals surface area contributed by atoms with E-state index in [1.54, 1.807) is 7.05 Å². The summed E-state index contributed by atoms with van der Waals surface area (Å²) >= 11 is 0. The number of carboxylic acids is 1. The van der Waals surface area contributed by atoms with Gasteiger partial charge >= 0.3 is 5.97 Å². The van der Waals surface area contributed by atoms with Crippen molar-refractivity contribution < 1.29 is 19.4 Å². The maximum absolute atomic E-state index is 12.3. The molecule has 2 unspecified atom stereocenters. The third kappa shape index (κ3) is 2.90. The smallest absolute Gasteiger partial charge is 0.329 e. The highest BCUT2D eigenvalue weighted by Crippen LogP contribution is 2.29. The minimum absolute atomic E-state index is 0.0329. The minimum atomic E-state index is -1.07. The van der Waals surface area contributed by atoms with Crippen LogP contribution < -0.4 is 10.6 Å². The molecule has 3 N–H and O–H groups in total. The van der Waals surface area contributed by atoms with Crippen molar-refractivity contribution in [2.24, 2.45) is 5.92 Å². The van der Waals surface area contributed by atoms with Crippen LogP contribution in [0.5, 0.6) is 0 Å². The summed E-state index contributed by atoms with van der Waals surface area (Å²) in [5.74, 6) is -1.43. The molecule has 2 fully saturated rings. The summed E-state index contributed by atoms with van der Waals surface area (Å²) in [6.07, 6.45) is 3.78. The van der Waals surface area contributed by atoms with Gasteiger partial charge in [-0.2, -0.15) is 0 Å². The van der Waals surface area contributed by atoms with Gasteiger partial charge in [0, 0.05) is 6.04 Å². The number of rotatable bonds is 4. The highest BCUT2D eigenvalue weighted by molar-refractivity contribution is 5.88. The number of carboxylic acid groups (broad SMARTS) is 1. The quantitative estimate of drug-likeness (QED) is 0.675. The van der Waals surface area contributed by atoms with Crippen molar-refractivity contribution in [3.63, 3.8) is 0 Å². The molecule has 0 aromatic rings. The molecule has 0 radical (unpaired) electrons. The van der Waals surface area contributed by atoms with Gasteiger partial charge in [0.1, 0.15) is 5.54 Å². The lowest BCUT2D eigenvalue weighted by Crippen LogP contribution is -2.58. The number of ether oxygens (including phenoxy) is 1. The molecule has 108 valence electrons. The van der Waals surface area contributed by atoms with E-state index in [2.05, 4.69) is 10.6 Å². The maximum atomic E-state index is 12.3. The van der Waals surface area contributed by atoms with Gasteiger partial charge in [0.2, 0.25) is 5.91 Å². The standard InChI is InChI=1S/C13H22N2O4/c1-14-10-8-19-7-9(10)11(16)15-13(12(17)18)5-3-2-4-6-13/h9-10,14H,2-8H2,1H3,(H,15,16)(H,17,18). The van der Waals surface area contributed by atoms with Crippen LogP contribution in [0.15, 0.2) is 0 Å². The first kappa shape index (κ1) is 14.3. The molecular formula is C13H22N2O4. The lowest BCUT2D eigenvalue weighted by Gasteiger charge is -2.35. The fourth-order valence-corrected chi connectivity index (χ4v) is 2.97. The molecule has 1 saturated heterocycles. The lowest BCUT2D eigenvalue weighted by atomic mass is 9.81. The van der Waals surface area contributed by atoms with E-state index >= 15 is 0 Å². The molecule has 2 atom stereocenters. The van der Waals surface area contributed by atoms with Crippen molar-refractivity contribution in [2.75, 3.05) is 20.3 Å². The Bertz CT molecular complexity index is 353. The fraction of sp³-hybridized carbons (Fsp3) is 0.846. The summed E-state index contributed by atoms with van der Waals surface area (Å²) < 4.78 is 5.29. The van der Waals surface area contributed by atoms with Crippen LogP contribution in [-0.2, 0) is 14.3 Å². The molecule has 6 nitrogen and oxygen atoms in total. The second-order valence-corrected chi connectivity index (χ2v) is 5.48. The third-order valence-electron chi connectivity index (χ3n) is 4.27. The predicted octanol–water partition coefficient (Wildman–Crippen LogP) is 0.124. The van der Waals surface area contributed by atoms with Gasteiger partial charge in [-0.05, 0) is 19.9 Å². The number of nitrogens with one attached hydrogen (secondary N) is 2. The van der Waals surface area contributed by atoms with Gasteiger partial charge in [-0.15, -0.1) is 0 Å². The Balaban J connectivity index is 2.04. The SMILES string of the molecule is CNC1COCC1C(=O)NC1(C(=O)O)CCCCC1. The second kappa shape index (κ2) is 5.88. The normalized spacial score (nSPS) is 29.9. The number of aliphatic carboxylic acids is 1. The molecule has 1 saturated carbocycles. The van der Waals surface area contributed by atoms with Gasteiger partial charge in [-0.1, -0.05) is 19.3 Å². The van der Waals surface area contributed by atoms with E-state index in [9.17, 15) is 14.7 Å². The summed E-state index contributed by atoms with van der Waals surface area (Å²) in [5, 5.41) is 15.3. The van der Waals surface area contributed by atoms with Gasteiger partial charge in [-0.3, -0.25) is 4.79 Å². The Kier molecular flexibility index (Phi) is 4.42. The summed E-state index contributed by atoms with van der Waals surface area (Å²) in [6.45, 7) is 0.849. The first-order valence-electron chi connectivity index (χ1n) is 6.89. The number of likely N-dealkylation sites (N-methyl/N-ethyl adjacent to an activating group) is 1. The molecule has 1 amide bonds. The lowest BCUT2D eigenvalue weighted by molar-refractivity contribution is -0.150. The highest BCUT2D eigenvalue weighted by Gasteiger charge is 2.44. The average molecular weight is 270 g/mol. The largest absolute Gasteiger partial charge is 0.480 e. The van der Waals surface area contributed by atoms with E-state index in [4.69, 9.17) is 4.74 Å². The number of carbonyl (C=O) groups excluding carboxylic acids is 1. The zero-order chi connectivity index (χ0) is 13.9. The monoisotopic (exact) mass is 270 g/mol. The van der Waals surface area contributed by atoms with E-state index in [0.29, 0.717) is 26.1 Å². The molecule has 0 aromatic heterocycles. The number of hydrogen-bond donors (Lipinski definition) is 3. The first-order valence-corrected chi connectivity index (χ1v) is 6.89. The van der Waals surface area contributed by atoms with Crippen LogP contribution >= 0.6 is 0 Å². The molecule has 0 bridgehead atoms. The highest BCUT2D eigenvalue weighted by atomic mass is 16.5. The summed E-state index contributed by atoms with van der Waals surface area (Å²) in [7, 11) is 1.78. The van der Waals surface area contributed by atoms with Gasteiger partial charge in [0.25, 0.3) is 0 Å². The van der Waals surface area contributed by atoms with Crippen LogP contribution in [0.1, 0.15) is 32.1 Å². The van der Waals surface area contributed by atoms with Crippen molar-refractivity contribution in [1.82, 2.24) is 10.6 Å². The second-order valence-electron chi connectivity index (χ2n) is 5.48.